The van der Waals surface area contributed by atoms with Crippen LogP contribution in [0.5, 0.6) is 0 Å². The summed E-state index contributed by atoms with van der Waals surface area (Å²) in [4.78, 5) is 23.9. The Labute approximate surface area is 132 Å². The molecule has 1 aliphatic heterocycles. The average Bonchev–Trinajstić information content (AvgIpc) is 2.54. The van der Waals surface area contributed by atoms with E-state index in [1.807, 2.05) is 30.3 Å². The zero-order chi connectivity index (χ0) is 15.8. The van der Waals surface area contributed by atoms with Crippen LogP contribution in [0.1, 0.15) is 50.6 Å². The van der Waals surface area contributed by atoms with Gasteiger partial charge in [-0.05, 0) is 24.8 Å². The van der Waals surface area contributed by atoms with Crippen LogP contribution in [0, 0.1) is 0 Å². The summed E-state index contributed by atoms with van der Waals surface area (Å²) < 4.78 is 0. The molecule has 0 bridgehead atoms. The van der Waals surface area contributed by atoms with Gasteiger partial charge >= 0.3 is 0 Å². The highest BCUT2D eigenvalue weighted by atomic mass is 16.2. The molecule has 2 atom stereocenters. The second kappa shape index (κ2) is 8.37. The second-order valence-corrected chi connectivity index (χ2v) is 5.65. The molecule has 0 aromatic heterocycles. The maximum absolute atomic E-state index is 12.1. The largest absolute Gasteiger partial charge is 0.353 e. The van der Waals surface area contributed by atoms with Gasteiger partial charge in [0.2, 0.25) is 11.8 Å². The molecule has 4 heteroatoms. The normalized spacial score (nSPS) is 25.3. The van der Waals surface area contributed by atoms with Crippen molar-refractivity contribution in [1.82, 2.24) is 10.6 Å². The predicted octanol–water partition coefficient (Wildman–Crippen LogP) is 2.87. The molecule has 0 saturated carbocycles. The zero-order valence-electron chi connectivity index (χ0n) is 13.0. The van der Waals surface area contributed by atoms with E-state index < -0.39 is 0 Å². The second-order valence-electron chi connectivity index (χ2n) is 5.65. The van der Waals surface area contributed by atoms with Gasteiger partial charge in [0.1, 0.15) is 0 Å². The fourth-order valence-electron chi connectivity index (χ4n) is 2.58. The third-order valence-corrected chi connectivity index (χ3v) is 3.93. The molecule has 2 rings (SSSR count). The number of nitrogens with one attached hydrogen (secondary N) is 2. The van der Waals surface area contributed by atoms with Crippen LogP contribution >= 0.6 is 0 Å². The number of amides is 2. The summed E-state index contributed by atoms with van der Waals surface area (Å²) >= 11 is 0. The molecule has 22 heavy (non-hydrogen) atoms. The molecule has 0 radical (unpaired) electrons. The van der Waals surface area contributed by atoms with Gasteiger partial charge in [-0.25, -0.2) is 0 Å². The first-order valence-corrected chi connectivity index (χ1v) is 7.97. The SMILES string of the molecule is CC[C@H]1C/C=C\C[C@H](c2ccccc2)NC(=O)CCC(=O)N1. The van der Waals surface area contributed by atoms with Gasteiger partial charge in [0.15, 0.2) is 0 Å². The number of rotatable bonds is 2. The standard InChI is InChI=1S/C18H24N2O2/c1-2-15-10-6-7-11-16(14-8-4-3-5-9-14)20-18(22)13-12-17(21)19-15/h3-9,15-16H,2,10-13H2,1H3,(H,19,21)(H,20,22)/b7-6-/t15-,16+/m0/s1. The molecule has 1 heterocycles. The zero-order valence-corrected chi connectivity index (χ0v) is 13.0. The summed E-state index contributed by atoms with van der Waals surface area (Å²) in [5.74, 6) is -0.127. The maximum atomic E-state index is 12.1. The highest BCUT2D eigenvalue weighted by Gasteiger charge is 2.16. The van der Waals surface area contributed by atoms with E-state index in [1.54, 1.807) is 0 Å². The first-order valence-electron chi connectivity index (χ1n) is 7.97. The molecule has 4 nitrogen and oxygen atoms in total. The van der Waals surface area contributed by atoms with E-state index >= 15 is 0 Å². The van der Waals surface area contributed by atoms with E-state index in [0.717, 1.165) is 24.8 Å². The van der Waals surface area contributed by atoms with Crippen LogP contribution in [0.3, 0.4) is 0 Å². The van der Waals surface area contributed by atoms with Gasteiger partial charge in [-0.15, -0.1) is 0 Å². The van der Waals surface area contributed by atoms with Gasteiger partial charge in [0.25, 0.3) is 0 Å². The first-order chi connectivity index (χ1) is 10.7. The van der Waals surface area contributed by atoms with Gasteiger partial charge in [0.05, 0.1) is 6.04 Å². The van der Waals surface area contributed by atoms with Gasteiger partial charge in [-0.3, -0.25) is 9.59 Å². The lowest BCUT2D eigenvalue weighted by Crippen LogP contribution is -2.36. The Balaban J connectivity index is 2.12. The summed E-state index contributed by atoms with van der Waals surface area (Å²) in [6.45, 7) is 2.06. The predicted molar refractivity (Wildman–Crippen MR) is 87.2 cm³/mol. The van der Waals surface area contributed by atoms with Gasteiger partial charge in [0, 0.05) is 18.9 Å². The Bertz CT molecular complexity index is 525. The van der Waals surface area contributed by atoms with Crippen molar-refractivity contribution < 1.29 is 9.59 Å². The topological polar surface area (TPSA) is 58.2 Å². The number of benzene rings is 1. The highest BCUT2D eigenvalue weighted by molar-refractivity contribution is 5.84. The summed E-state index contributed by atoms with van der Waals surface area (Å²) in [6, 6.07) is 10.1. The summed E-state index contributed by atoms with van der Waals surface area (Å²) in [5.41, 5.74) is 1.09. The minimum atomic E-state index is -0.0778. The number of carbonyl (C=O) groups excluding carboxylic acids is 2. The van der Waals surface area contributed by atoms with E-state index in [4.69, 9.17) is 0 Å². The molecule has 2 amide bonds. The lowest BCUT2D eigenvalue weighted by Gasteiger charge is -2.20. The van der Waals surface area contributed by atoms with E-state index in [0.29, 0.717) is 0 Å². The molecule has 1 aromatic rings. The van der Waals surface area contributed by atoms with Crippen molar-refractivity contribution in [2.75, 3.05) is 0 Å². The Kier molecular flexibility index (Phi) is 6.19. The van der Waals surface area contributed by atoms with Crippen LogP contribution in [-0.2, 0) is 9.59 Å². The molecule has 0 fully saturated rings. The Morgan fingerprint density at radius 3 is 2.27 bits per heavy atom. The Morgan fingerprint density at radius 2 is 1.59 bits per heavy atom. The van der Waals surface area contributed by atoms with E-state index in [1.165, 1.54) is 0 Å². The molecular weight excluding hydrogens is 276 g/mol. The molecule has 0 aliphatic carbocycles. The van der Waals surface area contributed by atoms with Gasteiger partial charge in [-0.1, -0.05) is 49.4 Å². The van der Waals surface area contributed by atoms with E-state index in [-0.39, 0.29) is 36.7 Å². The van der Waals surface area contributed by atoms with E-state index in [2.05, 4.69) is 29.7 Å². The summed E-state index contributed by atoms with van der Waals surface area (Å²) in [7, 11) is 0. The van der Waals surface area contributed by atoms with Crippen LogP contribution in [0.25, 0.3) is 0 Å². The van der Waals surface area contributed by atoms with Crippen molar-refractivity contribution in [1.29, 1.82) is 0 Å². The minimum Gasteiger partial charge on any atom is -0.353 e. The van der Waals surface area contributed by atoms with Crippen LogP contribution in [0.2, 0.25) is 0 Å². The number of hydrogen-bond donors (Lipinski definition) is 2. The van der Waals surface area contributed by atoms with Gasteiger partial charge in [-0.2, -0.15) is 0 Å². The van der Waals surface area contributed by atoms with E-state index in [9.17, 15) is 9.59 Å². The maximum Gasteiger partial charge on any atom is 0.221 e. The van der Waals surface area contributed by atoms with Crippen LogP contribution < -0.4 is 10.6 Å². The quantitative estimate of drug-likeness (QED) is 0.825. The monoisotopic (exact) mass is 300 g/mol. The summed E-state index contributed by atoms with van der Waals surface area (Å²) in [6.07, 6.45) is 7.15. The summed E-state index contributed by atoms with van der Waals surface area (Å²) in [5, 5.41) is 6.00. The molecule has 118 valence electrons. The van der Waals surface area contributed by atoms with Crippen molar-refractivity contribution >= 4 is 11.8 Å². The van der Waals surface area contributed by atoms with Crippen LogP contribution in [0.4, 0.5) is 0 Å². The third kappa shape index (κ3) is 5.02. The molecule has 1 aromatic carbocycles. The highest BCUT2D eigenvalue weighted by Crippen LogP contribution is 2.18. The fourth-order valence-corrected chi connectivity index (χ4v) is 2.58. The van der Waals surface area contributed by atoms with Crippen LogP contribution in [-0.4, -0.2) is 17.9 Å². The lowest BCUT2D eigenvalue weighted by molar-refractivity contribution is -0.127. The minimum absolute atomic E-state index is 0.0347. The Hall–Kier alpha value is -2.10. The van der Waals surface area contributed by atoms with Crippen molar-refractivity contribution in [3.05, 3.63) is 48.0 Å². The average molecular weight is 300 g/mol. The molecule has 0 unspecified atom stereocenters. The van der Waals surface area contributed by atoms with Crippen molar-refractivity contribution in [2.45, 2.75) is 51.1 Å². The lowest BCUT2D eigenvalue weighted by atomic mass is 10.0. The molecule has 2 N–H and O–H groups in total. The van der Waals surface area contributed by atoms with Crippen LogP contribution in [0.15, 0.2) is 42.5 Å². The number of hydrogen-bond acceptors (Lipinski definition) is 2. The molecule has 0 spiro atoms. The molecular formula is C18H24N2O2. The van der Waals surface area contributed by atoms with Crippen molar-refractivity contribution in [3.63, 3.8) is 0 Å². The Morgan fingerprint density at radius 1 is 0.955 bits per heavy atom. The van der Waals surface area contributed by atoms with Gasteiger partial charge < -0.3 is 10.6 Å². The molecule has 1 aliphatic rings. The smallest absolute Gasteiger partial charge is 0.221 e. The molecule has 0 saturated heterocycles. The number of carbonyl (C=O) groups is 2. The fraction of sp³-hybridized carbons (Fsp3) is 0.444. The first kappa shape index (κ1) is 16.3. The van der Waals surface area contributed by atoms with Crippen molar-refractivity contribution in [3.8, 4) is 0 Å². The van der Waals surface area contributed by atoms with Crippen molar-refractivity contribution in [2.24, 2.45) is 0 Å². The third-order valence-electron chi connectivity index (χ3n) is 3.93.